The average Bonchev–Trinajstić information content (AvgIpc) is 3.10. The lowest BCUT2D eigenvalue weighted by Gasteiger charge is -2.34. The number of nitrogens with one attached hydrogen (secondary N) is 2. The molecule has 1 fully saturated rings. The summed E-state index contributed by atoms with van der Waals surface area (Å²) in [5, 5.41) is 10.4. The summed E-state index contributed by atoms with van der Waals surface area (Å²) < 4.78 is 4.72. The second-order valence-corrected chi connectivity index (χ2v) is 7.87. The Labute approximate surface area is 165 Å². The first-order chi connectivity index (χ1) is 12.9. The fourth-order valence-corrected chi connectivity index (χ4v) is 3.28. The van der Waals surface area contributed by atoms with E-state index in [9.17, 15) is 0 Å². The van der Waals surface area contributed by atoms with Crippen molar-refractivity contribution in [1.82, 2.24) is 20.4 Å². The quantitative estimate of drug-likeness (QED) is 0.595. The van der Waals surface area contributed by atoms with Crippen LogP contribution in [0.5, 0.6) is 0 Å². The van der Waals surface area contributed by atoms with Crippen molar-refractivity contribution >= 4 is 6.79 Å². The molecule has 158 valence electrons. The van der Waals surface area contributed by atoms with E-state index < -0.39 is 0 Å². The first-order valence-electron chi connectivity index (χ1n) is 9.76. The van der Waals surface area contributed by atoms with Gasteiger partial charge < -0.3 is 25.5 Å². The van der Waals surface area contributed by atoms with Gasteiger partial charge in [-0.1, -0.05) is 13.8 Å². The number of nitrogens with zero attached hydrogens (tertiary/aromatic N) is 2. The standard InChI is InChI=1S/C15H28N4.C4H11NO.CH2O/c1-15(2)6-4-12(5-7-15)14-13(10-17-18-14)11-19(3)9-8-16;1-5-3-4-6-2;1-2/h10,12H,4-9,11,16H2,1-3H3,(H,17,18);5H,3-4H2,1-2H3;1H2. The van der Waals surface area contributed by atoms with Gasteiger partial charge in [-0.05, 0) is 45.2 Å². The molecule has 1 aromatic heterocycles. The second kappa shape index (κ2) is 14.7. The number of carbonyl (C=O) groups is 1. The summed E-state index contributed by atoms with van der Waals surface area (Å²) >= 11 is 0. The lowest BCUT2D eigenvalue weighted by molar-refractivity contribution is -0.0979. The number of nitrogens with two attached hydrogens (primary N) is 1. The number of aromatic nitrogens is 2. The van der Waals surface area contributed by atoms with Gasteiger partial charge in [-0.15, -0.1) is 0 Å². The van der Waals surface area contributed by atoms with Gasteiger partial charge in [0.05, 0.1) is 12.8 Å². The van der Waals surface area contributed by atoms with Crippen LogP contribution in [0.25, 0.3) is 0 Å². The molecule has 27 heavy (non-hydrogen) atoms. The highest BCUT2D eigenvalue weighted by atomic mass is 16.5. The molecule has 7 nitrogen and oxygen atoms in total. The highest BCUT2D eigenvalue weighted by Gasteiger charge is 2.29. The molecule has 7 heteroatoms. The topological polar surface area (TPSA) is 96.3 Å². The van der Waals surface area contributed by atoms with Crippen LogP contribution in [0.2, 0.25) is 0 Å². The lowest BCUT2D eigenvalue weighted by atomic mass is 9.72. The molecule has 1 aliphatic rings. The summed E-state index contributed by atoms with van der Waals surface area (Å²) in [5.74, 6) is 0.664. The van der Waals surface area contributed by atoms with Crippen molar-refractivity contribution in [3.8, 4) is 0 Å². The van der Waals surface area contributed by atoms with Crippen LogP contribution in [0, 0.1) is 5.41 Å². The van der Waals surface area contributed by atoms with Crippen LogP contribution in [0.4, 0.5) is 0 Å². The second-order valence-electron chi connectivity index (χ2n) is 7.87. The number of methoxy groups -OCH3 is 1. The minimum atomic E-state index is 0.521. The maximum Gasteiger partial charge on any atom is 0.106 e. The van der Waals surface area contributed by atoms with Crippen LogP contribution in [0.3, 0.4) is 0 Å². The highest BCUT2D eigenvalue weighted by molar-refractivity contribution is 5.21. The van der Waals surface area contributed by atoms with Crippen LogP contribution in [0.1, 0.15) is 56.7 Å². The number of aromatic amines is 1. The summed E-state index contributed by atoms with van der Waals surface area (Å²) in [7, 11) is 5.71. The van der Waals surface area contributed by atoms with Crippen molar-refractivity contribution in [2.24, 2.45) is 11.1 Å². The number of ether oxygens (including phenoxy) is 1. The Morgan fingerprint density at radius 3 is 2.52 bits per heavy atom. The number of hydrogen-bond acceptors (Lipinski definition) is 6. The van der Waals surface area contributed by atoms with Gasteiger partial charge in [-0.25, -0.2) is 0 Å². The number of hydrogen-bond donors (Lipinski definition) is 3. The Morgan fingerprint density at radius 2 is 2.04 bits per heavy atom. The van der Waals surface area contributed by atoms with Gasteiger partial charge in [0.1, 0.15) is 6.79 Å². The molecule has 0 spiro atoms. The van der Waals surface area contributed by atoms with E-state index in [0.29, 0.717) is 17.9 Å². The number of carbonyl (C=O) groups excluding carboxylic acids is 1. The molecule has 1 aromatic rings. The smallest absolute Gasteiger partial charge is 0.106 e. The summed E-state index contributed by atoms with van der Waals surface area (Å²) in [4.78, 5) is 10.3. The zero-order valence-electron chi connectivity index (χ0n) is 18.0. The Bertz CT molecular complexity index is 465. The summed E-state index contributed by atoms with van der Waals surface area (Å²) in [5.41, 5.74) is 8.83. The molecular formula is C20H41N5O2. The molecular weight excluding hydrogens is 342 g/mol. The highest BCUT2D eigenvalue weighted by Crippen LogP contribution is 2.42. The number of rotatable bonds is 8. The van der Waals surface area contributed by atoms with Crippen molar-refractivity contribution in [3.05, 3.63) is 17.5 Å². The molecule has 1 heterocycles. The monoisotopic (exact) mass is 383 g/mol. The number of likely N-dealkylation sites (N-methyl/N-ethyl adjacent to an activating group) is 2. The van der Waals surface area contributed by atoms with Gasteiger partial charge in [0, 0.05) is 50.5 Å². The van der Waals surface area contributed by atoms with Gasteiger partial charge in [-0.2, -0.15) is 5.10 Å². The molecule has 0 atom stereocenters. The molecule has 0 aromatic carbocycles. The average molecular weight is 384 g/mol. The maximum atomic E-state index is 8.00. The lowest BCUT2D eigenvalue weighted by Crippen LogP contribution is -2.26. The minimum absolute atomic E-state index is 0.521. The molecule has 0 aliphatic heterocycles. The maximum absolute atomic E-state index is 8.00. The first-order valence-corrected chi connectivity index (χ1v) is 9.76. The fraction of sp³-hybridized carbons (Fsp3) is 0.800. The predicted octanol–water partition coefficient (Wildman–Crippen LogP) is 2.15. The van der Waals surface area contributed by atoms with Gasteiger partial charge >= 0.3 is 0 Å². The number of H-pyrrole nitrogens is 1. The minimum Gasteiger partial charge on any atom is -0.383 e. The molecule has 0 amide bonds. The van der Waals surface area contributed by atoms with Crippen LogP contribution in [-0.2, 0) is 16.1 Å². The largest absolute Gasteiger partial charge is 0.383 e. The van der Waals surface area contributed by atoms with E-state index >= 15 is 0 Å². The van der Waals surface area contributed by atoms with Crippen LogP contribution in [-0.4, -0.2) is 69.3 Å². The van der Waals surface area contributed by atoms with Gasteiger partial charge in [-0.3, -0.25) is 5.10 Å². The van der Waals surface area contributed by atoms with E-state index in [1.54, 1.807) is 7.11 Å². The van der Waals surface area contributed by atoms with Crippen molar-refractivity contribution in [2.75, 3.05) is 47.4 Å². The molecule has 0 saturated heterocycles. The fourth-order valence-electron chi connectivity index (χ4n) is 3.28. The van der Waals surface area contributed by atoms with Gasteiger partial charge in [0.15, 0.2) is 0 Å². The molecule has 0 radical (unpaired) electrons. The molecule has 2 rings (SSSR count). The van der Waals surface area contributed by atoms with E-state index in [0.717, 1.165) is 26.2 Å². The van der Waals surface area contributed by atoms with Crippen molar-refractivity contribution in [3.63, 3.8) is 0 Å². The van der Waals surface area contributed by atoms with E-state index in [4.69, 9.17) is 15.3 Å². The Morgan fingerprint density at radius 1 is 1.41 bits per heavy atom. The zero-order chi connectivity index (χ0) is 20.7. The van der Waals surface area contributed by atoms with E-state index in [1.165, 1.54) is 36.9 Å². The third-order valence-electron chi connectivity index (χ3n) is 5.01. The third-order valence-corrected chi connectivity index (χ3v) is 5.01. The van der Waals surface area contributed by atoms with Crippen molar-refractivity contribution in [2.45, 2.75) is 52.0 Å². The van der Waals surface area contributed by atoms with Crippen LogP contribution < -0.4 is 11.1 Å². The summed E-state index contributed by atoms with van der Waals surface area (Å²) in [6.45, 7) is 11.1. The molecule has 0 unspecified atom stereocenters. The molecule has 1 aliphatic carbocycles. The predicted molar refractivity (Wildman–Crippen MR) is 112 cm³/mol. The van der Waals surface area contributed by atoms with Gasteiger partial charge in [0.25, 0.3) is 0 Å². The Balaban J connectivity index is 0.000000722. The summed E-state index contributed by atoms with van der Waals surface area (Å²) in [6.07, 6.45) is 7.18. The third kappa shape index (κ3) is 10.6. The van der Waals surface area contributed by atoms with Crippen LogP contribution >= 0.6 is 0 Å². The van der Waals surface area contributed by atoms with Gasteiger partial charge in [0.2, 0.25) is 0 Å². The first kappa shape index (κ1) is 25.7. The summed E-state index contributed by atoms with van der Waals surface area (Å²) in [6, 6.07) is 0. The van der Waals surface area contributed by atoms with E-state index in [2.05, 4.69) is 41.3 Å². The van der Waals surface area contributed by atoms with Crippen molar-refractivity contribution < 1.29 is 9.53 Å². The van der Waals surface area contributed by atoms with E-state index in [1.807, 2.05) is 20.0 Å². The molecule has 1 saturated carbocycles. The Kier molecular flexibility index (Phi) is 14.0. The zero-order valence-corrected chi connectivity index (χ0v) is 18.0. The van der Waals surface area contributed by atoms with Crippen LogP contribution in [0.15, 0.2) is 6.20 Å². The van der Waals surface area contributed by atoms with E-state index in [-0.39, 0.29) is 0 Å². The SMILES string of the molecule is C=O.CN(CCN)Cc1cn[nH]c1C1CCC(C)(C)CC1.CNCCOC. The molecule has 4 N–H and O–H groups in total. The normalized spacial score (nSPS) is 16.3. The van der Waals surface area contributed by atoms with Crippen molar-refractivity contribution in [1.29, 1.82) is 0 Å². The Hall–Kier alpha value is -1.28. The molecule has 0 bridgehead atoms.